The van der Waals surface area contributed by atoms with Gasteiger partial charge in [-0.2, -0.15) is 5.10 Å². The molecular formula is C11H10BrClN4O. The molecule has 3 N–H and O–H groups in total. The van der Waals surface area contributed by atoms with Gasteiger partial charge in [0.15, 0.2) is 5.69 Å². The molecule has 0 bridgehead atoms. The van der Waals surface area contributed by atoms with E-state index in [9.17, 15) is 4.79 Å². The number of carbonyl (C=O) groups excluding carboxylic acids is 1. The molecule has 94 valence electrons. The second-order valence-corrected chi connectivity index (χ2v) is 4.98. The van der Waals surface area contributed by atoms with Gasteiger partial charge in [0, 0.05) is 22.7 Å². The maximum atomic E-state index is 12.0. The van der Waals surface area contributed by atoms with E-state index in [4.69, 9.17) is 17.3 Å². The quantitative estimate of drug-likeness (QED) is 0.889. The largest absolute Gasteiger partial charge is 0.396 e. The van der Waals surface area contributed by atoms with Gasteiger partial charge in [-0.1, -0.05) is 11.6 Å². The van der Waals surface area contributed by atoms with Crippen LogP contribution in [0, 0.1) is 0 Å². The average Bonchev–Trinajstić information content (AvgIpc) is 2.62. The van der Waals surface area contributed by atoms with E-state index in [1.807, 2.05) is 0 Å². The van der Waals surface area contributed by atoms with Crippen molar-refractivity contribution >= 4 is 44.8 Å². The normalized spacial score (nSPS) is 10.4. The standard InChI is InChI=1S/C11H10BrClN4O/c1-17-5-8(14)10(16-17)11(18)15-9-3-2-6(13)4-7(9)12/h2-5H,14H2,1H3,(H,15,18). The highest BCUT2D eigenvalue weighted by atomic mass is 79.9. The third-order valence-electron chi connectivity index (χ3n) is 2.25. The van der Waals surface area contributed by atoms with Crippen molar-refractivity contribution in [2.24, 2.45) is 7.05 Å². The van der Waals surface area contributed by atoms with Gasteiger partial charge >= 0.3 is 0 Å². The Kier molecular flexibility index (Phi) is 3.58. The Balaban J connectivity index is 2.24. The maximum absolute atomic E-state index is 12.0. The average molecular weight is 330 g/mol. The number of amides is 1. The number of carbonyl (C=O) groups is 1. The first-order chi connectivity index (χ1) is 8.47. The molecule has 0 saturated carbocycles. The molecule has 18 heavy (non-hydrogen) atoms. The van der Waals surface area contributed by atoms with Crippen LogP contribution in [-0.2, 0) is 7.05 Å². The molecule has 0 saturated heterocycles. The Labute approximate surface area is 117 Å². The summed E-state index contributed by atoms with van der Waals surface area (Å²) in [7, 11) is 1.70. The first kappa shape index (κ1) is 12.9. The van der Waals surface area contributed by atoms with Crippen molar-refractivity contribution in [1.82, 2.24) is 9.78 Å². The zero-order valence-electron chi connectivity index (χ0n) is 9.45. The molecule has 1 aromatic carbocycles. The van der Waals surface area contributed by atoms with Gasteiger partial charge in [0.2, 0.25) is 0 Å². The summed E-state index contributed by atoms with van der Waals surface area (Å²) in [5.74, 6) is -0.365. The molecule has 1 heterocycles. The summed E-state index contributed by atoms with van der Waals surface area (Å²) >= 11 is 9.14. The molecule has 0 unspecified atom stereocenters. The molecule has 5 nitrogen and oxygen atoms in total. The number of anilines is 2. The Bertz CT molecular complexity index is 611. The number of hydrogen-bond donors (Lipinski definition) is 2. The van der Waals surface area contributed by atoms with E-state index in [0.29, 0.717) is 20.9 Å². The van der Waals surface area contributed by atoms with Gasteiger partial charge in [-0.25, -0.2) is 0 Å². The van der Waals surface area contributed by atoms with Crippen molar-refractivity contribution in [2.75, 3.05) is 11.1 Å². The predicted octanol–water partition coefficient (Wildman–Crippen LogP) is 2.67. The molecule has 0 spiro atoms. The van der Waals surface area contributed by atoms with E-state index in [1.165, 1.54) is 4.68 Å². The minimum absolute atomic E-state index is 0.194. The second-order valence-electron chi connectivity index (χ2n) is 3.69. The van der Waals surface area contributed by atoms with Gasteiger partial charge in [-0.15, -0.1) is 0 Å². The molecule has 0 aliphatic carbocycles. The van der Waals surface area contributed by atoms with Crippen molar-refractivity contribution in [3.8, 4) is 0 Å². The van der Waals surface area contributed by atoms with Crippen LogP contribution in [-0.4, -0.2) is 15.7 Å². The highest BCUT2D eigenvalue weighted by molar-refractivity contribution is 9.10. The van der Waals surface area contributed by atoms with Crippen LogP contribution in [0.15, 0.2) is 28.9 Å². The topological polar surface area (TPSA) is 72.9 Å². The molecule has 1 aromatic heterocycles. The fraction of sp³-hybridized carbons (Fsp3) is 0.0909. The van der Waals surface area contributed by atoms with Crippen molar-refractivity contribution < 1.29 is 4.79 Å². The first-order valence-electron chi connectivity index (χ1n) is 5.03. The Morgan fingerprint density at radius 2 is 2.28 bits per heavy atom. The highest BCUT2D eigenvalue weighted by Crippen LogP contribution is 2.26. The maximum Gasteiger partial charge on any atom is 0.278 e. The monoisotopic (exact) mass is 328 g/mol. The van der Waals surface area contributed by atoms with Crippen LogP contribution in [0.25, 0.3) is 0 Å². The molecule has 0 aliphatic heterocycles. The number of nitrogens with zero attached hydrogens (tertiary/aromatic N) is 2. The Morgan fingerprint density at radius 1 is 1.56 bits per heavy atom. The number of hydrogen-bond acceptors (Lipinski definition) is 3. The number of aryl methyl sites for hydroxylation is 1. The fourth-order valence-corrected chi connectivity index (χ4v) is 2.24. The van der Waals surface area contributed by atoms with E-state index in [0.717, 1.165) is 0 Å². The summed E-state index contributed by atoms with van der Waals surface area (Å²) in [5.41, 5.74) is 6.81. The van der Waals surface area contributed by atoms with Crippen molar-refractivity contribution in [1.29, 1.82) is 0 Å². The minimum atomic E-state index is -0.365. The third-order valence-corrected chi connectivity index (χ3v) is 3.14. The first-order valence-corrected chi connectivity index (χ1v) is 6.20. The van der Waals surface area contributed by atoms with Gasteiger partial charge in [0.1, 0.15) is 0 Å². The van der Waals surface area contributed by atoms with Gasteiger partial charge < -0.3 is 11.1 Å². The zero-order chi connectivity index (χ0) is 13.3. The number of aromatic nitrogens is 2. The molecule has 0 aliphatic rings. The summed E-state index contributed by atoms with van der Waals surface area (Å²) in [6.07, 6.45) is 1.58. The lowest BCUT2D eigenvalue weighted by atomic mass is 10.3. The Hall–Kier alpha value is -1.53. The molecule has 0 atom stereocenters. The lowest BCUT2D eigenvalue weighted by molar-refractivity contribution is 0.102. The number of rotatable bonds is 2. The van der Waals surface area contributed by atoms with Crippen LogP contribution in [0.5, 0.6) is 0 Å². The summed E-state index contributed by atoms with van der Waals surface area (Å²) in [5, 5.41) is 7.28. The molecular weight excluding hydrogens is 320 g/mol. The third kappa shape index (κ3) is 2.65. The van der Waals surface area contributed by atoms with Crippen molar-refractivity contribution in [3.05, 3.63) is 39.6 Å². The van der Waals surface area contributed by atoms with E-state index >= 15 is 0 Å². The van der Waals surface area contributed by atoms with Crippen LogP contribution in [0.1, 0.15) is 10.5 Å². The number of nitrogens with two attached hydrogens (primary N) is 1. The van der Waals surface area contributed by atoms with Crippen LogP contribution < -0.4 is 11.1 Å². The summed E-state index contributed by atoms with van der Waals surface area (Å²) in [4.78, 5) is 12.0. The van der Waals surface area contributed by atoms with Gasteiger partial charge in [0.05, 0.1) is 11.4 Å². The molecule has 0 radical (unpaired) electrons. The molecule has 0 fully saturated rings. The van der Waals surface area contributed by atoms with Gasteiger partial charge in [-0.3, -0.25) is 9.48 Å². The molecule has 7 heteroatoms. The van der Waals surface area contributed by atoms with Crippen molar-refractivity contribution in [2.45, 2.75) is 0 Å². The molecule has 2 rings (SSSR count). The number of nitrogens with one attached hydrogen (secondary N) is 1. The summed E-state index contributed by atoms with van der Waals surface area (Å²) < 4.78 is 2.18. The zero-order valence-corrected chi connectivity index (χ0v) is 11.8. The number of benzene rings is 1. The molecule has 1 amide bonds. The van der Waals surface area contributed by atoms with E-state index < -0.39 is 0 Å². The van der Waals surface area contributed by atoms with E-state index in [-0.39, 0.29) is 11.6 Å². The number of nitrogen functional groups attached to an aromatic ring is 1. The van der Waals surface area contributed by atoms with Crippen LogP contribution >= 0.6 is 27.5 Å². The lowest BCUT2D eigenvalue weighted by Crippen LogP contribution is -2.14. The highest BCUT2D eigenvalue weighted by Gasteiger charge is 2.15. The summed E-state index contributed by atoms with van der Waals surface area (Å²) in [6, 6.07) is 5.08. The van der Waals surface area contributed by atoms with Gasteiger partial charge in [0.25, 0.3) is 5.91 Å². The van der Waals surface area contributed by atoms with Gasteiger partial charge in [-0.05, 0) is 34.1 Å². The van der Waals surface area contributed by atoms with E-state index in [1.54, 1.807) is 31.4 Å². The van der Waals surface area contributed by atoms with Crippen LogP contribution in [0.2, 0.25) is 5.02 Å². The van der Waals surface area contributed by atoms with Crippen LogP contribution in [0.4, 0.5) is 11.4 Å². The second kappa shape index (κ2) is 4.99. The minimum Gasteiger partial charge on any atom is -0.396 e. The lowest BCUT2D eigenvalue weighted by Gasteiger charge is -2.06. The Morgan fingerprint density at radius 3 is 2.83 bits per heavy atom. The van der Waals surface area contributed by atoms with Crippen molar-refractivity contribution in [3.63, 3.8) is 0 Å². The number of halogens is 2. The predicted molar refractivity (Wildman–Crippen MR) is 74.7 cm³/mol. The smallest absolute Gasteiger partial charge is 0.278 e. The molecule has 2 aromatic rings. The fourth-order valence-electron chi connectivity index (χ4n) is 1.46. The van der Waals surface area contributed by atoms with E-state index in [2.05, 4.69) is 26.3 Å². The van der Waals surface area contributed by atoms with Crippen LogP contribution in [0.3, 0.4) is 0 Å². The SMILES string of the molecule is Cn1cc(N)c(C(=O)Nc2ccc(Cl)cc2Br)n1. The summed E-state index contributed by atoms with van der Waals surface area (Å²) in [6.45, 7) is 0.